The van der Waals surface area contributed by atoms with Crippen molar-refractivity contribution in [3.05, 3.63) is 228 Å². The van der Waals surface area contributed by atoms with Crippen LogP contribution in [0.2, 0.25) is 0 Å². The third kappa shape index (κ3) is 5.81. The summed E-state index contributed by atoms with van der Waals surface area (Å²) in [7, 11) is 0. The van der Waals surface area contributed by atoms with E-state index in [0.29, 0.717) is 11.8 Å². The maximum absolute atomic E-state index is 5.41. The lowest BCUT2D eigenvalue weighted by Gasteiger charge is -2.42. The molecule has 0 radical (unpaired) electrons. The molecule has 1 fully saturated rings. The quantitative estimate of drug-likeness (QED) is 0.169. The molecule has 7 aromatic carbocycles. The molecule has 4 nitrogen and oxygen atoms in total. The van der Waals surface area contributed by atoms with Gasteiger partial charge in [0.1, 0.15) is 5.82 Å². The minimum atomic E-state index is -0.361. The topological polar surface area (TPSA) is 51.6 Å². The van der Waals surface area contributed by atoms with Gasteiger partial charge in [0.2, 0.25) is 0 Å². The largest absolute Gasteiger partial charge is 0.233 e. The molecule has 9 aromatic rings. The van der Waals surface area contributed by atoms with Gasteiger partial charge in [-0.2, -0.15) is 0 Å². The van der Waals surface area contributed by atoms with Crippen molar-refractivity contribution in [3.63, 3.8) is 0 Å². The summed E-state index contributed by atoms with van der Waals surface area (Å²) < 4.78 is 0. The summed E-state index contributed by atoms with van der Waals surface area (Å²) in [5, 5.41) is 0. The molecule has 61 heavy (non-hydrogen) atoms. The molecule has 1 spiro atoms. The van der Waals surface area contributed by atoms with Crippen LogP contribution in [0.1, 0.15) is 59.2 Å². The first-order valence-corrected chi connectivity index (χ1v) is 21.6. The molecule has 2 aromatic heterocycles. The lowest BCUT2D eigenvalue weighted by molar-refractivity contribution is 0.237. The van der Waals surface area contributed by atoms with Gasteiger partial charge in [0.15, 0.2) is 5.82 Å². The molecule has 3 aliphatic carbocycles. The Morgan fingerprint density at radius 3 is 1.31 bits per heavy atom. The van der Waals surface area contributed by atoms with E-state index >= 15 is 0 Å². The summed E-state index contributed by atoms with van der Waals surface area (Å²) in [6.45, 7) is 0. The smallest absolute Gasteiger partial charge is 0.160 e. The highest BCUT2D eigenvalue weighted by atomic mass is 14.9. The van der Waals surface area contributed by atoms with Crippen molar-refractivity contribution in [2.75, 3.05) is 0 Å². The van der Waals surface area contributed by atoms with Crippen molar-refractivity contribution in [3.8, 4) is 67.5 Å². The van der Waals surface area contributed by atoms with E-state index in [2.05, 4.69) is 200 Å². The highest BCUT2D eigenvalue weighted by Gasteiger charge is 2.59. The molecule has 0 saturated heterocycles. The molecule has 0 bridgehead atoms. The van der Waals surface area contributed by atoms with Gasteiger partial charge in [-0.1, -0.05) is 182 Å². The van der Waals surface area contributed by atoms with E-state index in [1.54, 1.807) is 0 Å². The van der Waals surface area contributed by atoms with E-state index in [9.17, 15) is 0 Å². The SMILES string of the molecule is c1ccc(-c2cc(-c3ccccc3)nc(-c3ccc4c(c3)C3(c5ccccc5-c5ccccc53)C3C[C@H](c5nc(-c6ccccc6)cc(-c6ccccc6)n5)CC[C@H]43)n2)cc1. The Labute approximate surface area is 356 Å². The number of benzene rings is 7. The van der Waals surface area contributed by atoms with Crippen LogP contribution in [0.15, 0.2) is 200 Å². The Morgan fingerprint density at radius 1 is 0.377 bits per heavy atom. The first kappa shape index (κ1) is 35.6. The fourth-order valence-electron chi connectivity index (χ4n) is 11.0. The molecule has 12 rings (SSSR count). The highest BCUT2D eigenvalue weighted by Crippen LogP contribution is 2.68. The van der Waals surface area contributed by atoms with Crippen LogP contribution >= 0.6 is 0 Å². The Morgan fingerprint density at radius 2 is 0.820 bits per heavy atom. The predicted octanol–water partition coefficient (Wildman–Crippen LogP) is 13.6. The van der Waals surface area contributed by atoms with E-state index in [-0.39, 0.29) is 11.3 Å². The molecule has 0 amide bonds. The van der Waals surface area contributed by atoms with Crippen molar-refractivity contribution >= 4 is 0 Å². The average Bonchev–Trinajstić information content (AvgIpc) is 3.81. The molecular formula is C57H42N4. The maximum atomic E-state index is 5.41. The second-order valence-electron chi connectivity index (χ2n) is 16.8. The van der Waals surface area contributed by atoms with Crippen LogP contribution in [0.25, 0.3) is 67.5 Å². The molecule has 0 aliphatic heterocycles. The van der Waals surface area contributed by atoms with Crippen molar-refractivity contribution in [2.45, 2.75) is 36.5 Å². The Balaban J connectivity index is 1.04. The number of rotatable bonds is 6. The zero-order valence-electron chi connectivity index (χ0n) is 33.7. The molecule has 3 atom stereocenters. The van der Waals surface area contributed by atoms with Gasteiger partial charge >= 0.3 is 0 Å². The number of hydrogen-bond donors (Lipinski definition) is 0. The summed E-state index contributed by atoms with van der Waals surface area (Å²) in [5.74, 6) is 2.55. The van der Waals surface area contributed by atoms with E-state index in [1.807, 2.05) is 0 Å². The summed E-state index contributed by atoms with van der Waals surface area (Å²) in [5.41, 5.74) is 17.1. The molecule has 4 heteroatoms. The molecule has 1 saturated carbocycles. The summed E-state index contributed by atoms with van der Waals surface area (Å²) in [6, 6.07) is 71.9. The van der Waals surface area contributed by atoms with Crippen LogP contribution in [-0.2, 0) is 5.41 Å². The van der Waals surface area contributed by atoms with Crippen molar-refractivity contribution in [2.24, 2.45) is 5.92 Å². The number of hydrogen-bond acceptors (Lipinski definition) is 4. The van der Waals surface area contributed by atoms with Crippen LogP contribution in [0.3, 0.4) is 0 Å². The number of fused-ring (bicyclic) bond motifs is 10. The van der Waals surface area contributed by atoms with Gasteiger partial charge in [0.05, 0.1) is 28.2 Å². The first-order valence-electron chi connectivity index (χ1n) is 21.6. The van der Waals surface area contributed by atoms with Crippen LogP contribution < -0.4 is 0 Å². The van der Waals surface area contributed by atoms with Gasteiger partial charge in [-0.15, -0.1) is 0 Å². The monoisotopic (exact) mass is 782 g/mol. The number of nitrogens with zero attached hydrogens (tertiary/aromatic N) is 4. The molecule has 1 unspecified atom stereocenters. The third-order valence-corrected chi connectivity index (χ3v) is 13.6. The van der Waals surface area contributed by atoms with Crippen LogP contribution in [0.4, 0.5) is 0 Å². The van der Waals surface area contributed by atoms with Gasteiger partial charge < -0.3 is 0 Å². The maximum Gasteiger partial charge on any atom is 0.160 e. The second kappa shape index (κ2) is 14.5. The summed E-state index contributed by atoms with van der Waals surface area (Å²) >= 11 is 0. The minimum absolute atomic E-state index is 0.192. The molecule has 290 valence electrons. The number of aromatic nitrogens is 4. The highest BCUT2D eigenvalue weighted by molar-refractivity contribution is 5.86. The Bertz CT molecular complexity index is 2910. The average molecular weight is 783 g/mol. The van der Waals surface area contributed by atoms with Gasteiger partial charge in [-0.3, -0.25) is 0 Å². The summed E-state index contributed by atoms with van der Waals surface area (Å²) in [6.07, 6.45) is 3.06. The van der Waals surface area contributed by atoms with E-state index in [1.165, 1.54) is 33.4 Å². The summed E-state index contributed by atoms with van der Waals surface area (Å²) in [4.78, 5) is 21.4. The zero-order valence-corrected chi connectivity index (χ0v) is 33.7. The van der Waals surface area contributed by atoms with E-state index in [4.69, 9.17) is 19.9 Å². The van der Waals surface area contributed by atoms with Crippen molar-refractivity contribution in [1.29, 1.82) is 0 Å². The fraction of sp³-hybridized carbons (Fsp3) is 0.123. The lowest BCUT2D eigenvalue weighted by atomic mass is 9.61. The van der Waals surface area contributed by atoms with Crippen LogP contribution in [-0.4, -0.2) is 19.9 Å². The Hall–Kier alpha value is -7.30. The molecule has 2 heterocycles. The third-order valence-electron chi connectivity index (χ3n) is 13.6. The normalized spacial score (nSPS) is 17.9. The molecule has 0 N–H and O–H groups in total. The van der Waals surface area contributed by atoms with Gasteiger partial charge in [0, 0.05) is 33.7 Å². The first-order chi connectivity index (χ1) is 30.2. The van der Waals surface area contributed by atoms with E-state index in [0.717, 1.165) is 81.5 Å². The van der Waals surface area contributed by atoms with Crippen LogP contribution in [0, 0.1) is 5.92 Å². The van der Waals surface area contributed by atoms with Gasteiger partial charge in [-0.05, 0) is 82.7 Å². The fourth-order valence-corrected chi connectivity index (χ4v) is 11.0. The van der Waals surface area contributed by atoms with Crippen molar-refractivity contribution in [1.82, 2.24) is 19.9 Å². The van der Waals surface area contributed by atoms with Crippen LogP contribution in [0.5, 0.6) is 0 Å². The zero-order chi connectivity index (χ0) is 40.3. The molecule has 3 aliphatic rings. The Kier molecular flexibility index (Phi) is 8.45. The molecular weight excluding hydrogens is 741 g/mol. The lowest BCUT2D eigenvalue weighted by Crippen LogP contribution is -2.37. The van der Waals surface area contributed by atoms with E-state index < -0.39 is 0 Å². The van der Waals surface area contributed by atoms with Gasteiger partial charge in [-0.25, -0.2) is 19.9 Å². The second-order valence-corrected chi connectivity index (χ2v) is 16.8. The van der Waals surface area contributed by atoms with Gasteiger partial charge in [0.25, 0.3) is 0 Å². The van der Waals surface area contributed by atoms with Crippen molar-refractivity contribution < 1.29 is 0 Å². The minimum Gasteiger partial charge on any atom is -0.233 e. The predicted molar refractivity (Wildman–Crippen MR) is 246 cm³/mol. The standard InChI is InChI=1S/C57H42N4/c1-5-17-37(18-6-1)51-35-52(38-19-7-2-8-20-38)59-55(58-51)41-29-31-45-46-32-30-42(56-60-53(39-21-9-3-10-22-39)36-54(61-56)40-23-11-4-12-24-40)34-50(46)57(49(45)33-41)47-27-15-13-25-43(47)44-26-14-16-28-48(44)57/h1-29,31,33,35-36,42,46,50H,30,32,34H2/t42-,46-,50?/m1/s1.